The average molecular weight is 356 g/mol. The summed E-state index contributed by atoms with van der Waals surface area (Å²) >= 11 is 0. The molecule has 0 atom stereocenters. The number of aromatic nitrogens is 4. The SMILES string of the molecule is CC(C)CC(=O)C(c1ncc2ccccc2n1)c1ncc2ccccc2n1. The fraction of sp³-hybridized carbons (Fsp3) is 0.227. The van der Waals surface area contributed by atoms with Gasteiger partial charge in [0.05, 0.1) is 11.0 Å². The van der Waals surface area contributed by atoms with Gasteiger partial charge >= 0.3 is 0 Å². The number of Topliss-reactive ketones (excluding diaryl/α,β-unsaturated/α-hetero) is 1. The Morgan fingerprint density at radius 3 is 1.78 bits per heavy atom. The molecular formula is C22H20N4O. The van der Waals surface area contributed by atoms with Crippen molar-refractivity contribution in [2.24, 2.45) is 5.92 Å². The third-order valence-corrected chi connectivity index (χ3v) is 4.46. The number of hydrogen-bond acceptors (Lipinski definition) is 5. The van der Waals surface area contributed by atoms with E-state index >= 15 is 0 Å². The van der Waals surface area contributed by atoms with Crippen LogP contribution in [0.25, 0.3) is 21.8 Å². The Bertz CT molecular complexity index is 1040. The molecule has 2 heterocycles. The van der Waals surface area contributed by atoms with Gasteiger partial charge < -0.3 is 0 Å². The molecule has 0 bridgehead atoms. The molecule has 4 aromatic rings. The van der Waals surface area contributed by atoms with E-state index in [0.717, 1.165) is 21.8 Å². The molecule has 0 saturated carbocycles. The summed E-state index contributed by atoms with van der Waals surface area (Å²) in [6, 6.07) is 15.5. The quantitative estimate of drug-likeness (QED) is 0.533. The summed E-state index contributed by atoms with van der Waals surface area (Å²) in [5.41, 5.74) is 1.62. The molecule has 5 nitrogen and oxygen atoms in total. The van der Waals surface area contributed by atoms with Crippen molar-refractivity contribution in [3.8, 4) is 0 Å². The molecule has 0 radical (unpaired) electrons. The van der Waals surface area contributed by atoms with Crippen LogP contribution in [0, 0.1) is 5.92 Å². The predicted octanol–water partition coefficient (Wildman–Crippen LogP) is 4.32. The van der Waals surface area contributed by atoms with Gasteiger partial charge in [-0.3, -0.25) is 4.79 Å². The van der Waals surface area contributed by atoms with Crippen LogP contribution in [0.5, 0.6) is 0 Å². The number of para-hydroxylation sites is 2. The van der Waals surface area contributed by atoms with Crippen molar-refractivity contribution >= 4 is 27.6 Å². The van der Waals surface area contributed by atoms with Crippen LogP contribution in [-0.4, -0.2) is 25.7 Å². The first-order valence-corrected chi connectivity index (χ1v) is 9.08. The first-order chi connectivity index (χ1) is 13.1. The lowest BCUT2D eigenvalue weighted by Gasteiger charge is -2.15. The summed E-state index contributed by atoms with van der Waals surface area (Å²) in [7, 11) is 0. The van der Waals surface area contributed by atoms with E-state index in [0.29, 0.717) is 18.1 Å². The molecule has 4 rings (SSSR count). The lowest BCUT2D eigenvalue weighted by Crippen LogP contribution is -2.21. The number of fused-ring (bicyclic) bond motifs is 2. The Kier molecular flexibility index (Phi) is 4.59. The summed E-state index contributed by atoms with van der Waals surface area (Å²) in [5, 5.41) is 1.88. The summed E-state index contributed by atoms with van der Waals surface area (Å²) in [4.78, 5) is 31.3. The molecule has 0 aliphatic heterocycles. The van der Waals surface area contributed by atoms with Gasteiger partial charge in [-0.25, -0.2) is 19.9 Å². The summed E-state index contributed by atoms with van der Waals surface area (Å²) in [6.45, 7) is 4.05. The van der Waals surface area contributed by atoms with Crippen LogP contribution < -0.4 is 0 Å². The van der Waals surface area contributed by atoms with Gasteiger partial charge in [-0.15, -0.1) is 0 Å². The number of hydrogen-bond donors (Lipinski definition) is 0. The van der Waals surface area contributed by atoms with Gasteiger partial charge in [-0.05, 0) is 18.1 Å². The number of benzene rings is 2. The Morgan fingerprint density at radius 2 is 1.30 bits per heavy atom. The second-order valence-corrected chi connectivity index (χ2v) is 7.07. The monoisotopic (exact) mass is 356 g/mol. The highest BCUT2D eigenvalue weighted by molar-refractivity contribution is 5.89. The zero-order chi connectivity index (χ0) is 18.8. The highest BCUT2D eigenvalue weighted by Crippen LogP contribution is 2.25. The normalized spacial score (nSPS) is 11.6. The van der Waals surface area contributed by atoms with Crippen LogP contribution in [-0.2, 0) is 4.79 Å². The topological polar surface area (TPSA) is 68.6 Å². The highest BCUT2D eigenvalue weighted by Gasteiger charge is 2.29. The first kappa shape index (κ1) is 17.2. The molecule has 134 valence electrons. The Hall–Kier alpha value is -3.21. The molecule has 0 fully saturated rings. The molecule has 0 unspecified atom stereocenters. The lowest BCUT2D eigenvalue weighted by atomic mass is 9.94. The predicted molar refractivity (Wildman–Crippen MR) is 105 cm³/mol. The van der Waals surface area contributed by atoms with E-state index in [1.54, 1.807) is 12.4 Å². The molecule has 0 spiro atoms. The second kappa shape index (κ2) is 7.19. The minimum atomic E-state index is -0.665. The van der Waals surface area contributed by atoms with Gasteiger partial charge in [0.15, 0.2) is 5.78 Å². The van der Waals surface area contributed by atoms with E-state index in [-0.39, 0.29) is 11.7 Å². The molecular weight excluding hydrogens is 336 g/mol. The average Bonchev–Trinajstić information content (AvgIpc) is 2.67. The maximum absolute atomic E-state index is 13.1. The fourth-order valence-corrected chi connectivity index (χ4v) is 3.17. The van der Waals surface area contributed by atoms with Crippen LogP contribution in [0.3, 0.4) is 0 Å². The molecule has 0 aliphatic carbocycles. The van der Waals surface area contributed by atoms with E-state index in [1.807, 2.05) is 62.4 Å². The number of carbonyl (C=O) groups excluding carboxylic acids is 1. The number of carbonyl (C=O) groups is 1. The van der Waals surface area contributed by atoms with E-state index in [4.69, 9.17) is 0 Å². The standard InChI is InChI=1S/C22H20N4O/c1-14(2)11-19(27)20(21-23-12-15-7-3-5-9-17(15)25-21)22-24-13-16-8-4-6-10-18(16)26-22/h3-10,12-14,20H,11H2,1-2H3. The van der Waals surface area contributed by atoms with Crippen molar-refractivity contribution in [2.75, 3.05) is 0 Å². The minimum Gasteiger partial charge on any atom is -0.298 e. The van der Waals surface area contributed by atoms with E-state index in [9.17, 15) is 4.79 Å². The molecule has 2 aromatic heterocycles. The number of nitrogens with zero attached hydrogens (tertiary/aromatic N) is 4. The Balaban J connectivity index is 1.85. The maximum Gasteiger partial charge on any atom is 0.151 e. The van der Waals surface area contributed by atoms with Crippen LogP contribution >= 0.6 is 0 Å². The van der Waals surface area contributed by atoms with Crippen molar-refractivity contribution in [1.29, 1.82) is 0 Å². The third kappa shape index (κ3) is 3.53. The lowest BCUT2D eigenvalue weighted by molar-refractivity contribution is -0.120. The van der Waals surface area contributed by atoms with Crippen LogP contribution in [0.15, 0.2) is 60.9 Å². The van der Waals surface area contributed by atoms with Crippen molar-refractivity contribution in [3.05, 3.63) is 72.6 Å². The van der Waals surface area contributed by atoms with Gasteiger partial charge in [-0.2, -0.15) is 0 Å². The van der Waals surface area contributed by atoms with Gasteiger partial charge in [0.2, 0.25) is 0 Å². The van der Waals surface area contributed by atoms with E-state index in [1.165, 1.54) is 0 Å². The summed E-state index contributed by atoms with van der Waals surface area (Å²) in [6.07, 6.45) is 3.94. The zero-order valence-electron chi connectivity index (χ0n) is 15.3. The van der Waals surface area contributed by atoms with Crippen molar-refractivity contribution in [1.82, 2.24) is 19.9 Å². The van der Waals surface area contributed by atoms with Gasteiger partial charge in [-0.1, -0.05) is 50.2 Å². The molecule has 2 aromatic carbocycles. The summed E-state index contributed by atoms with van der Waals surface area (Å²) in [5.74, 6) is 0.516. The molecule has 0 N–H and O–H groups in total. The largest absolute Gasteiger partial charge is 0.298 e. The maximum atomic E-state index is 13.1. The third-order valence-electron chi connectivity index (χ3n) is 4.46. The van der Waals surface area contributed by atoms with Crippen molar-refractivity contribution in [3.63, 3.8) is 0 Å². The highest BCUT2D eigenvalue weighted by atomic mass is 16.1. The van der Waals surface area contributed by atoms with E-state index in [2.05, 4.69) is 19.9 Å². The first-order valence-electron chi connectivity index (χ1n) is 9.08. The second-order valence-electron chi connectivity index (χ2n) is 7.07. The number of rotatable bonds is 5. The van der Waals surface area contributed by atoms with Crippen LogP contribution in [0.4, 0.5) is 0 Å². The zero-order valence-corrected chi connectivity index (χ0v) is 15.3. The Morgan fingerprint density at radius 1 is 0.815 bits per heavy atom. The smallest absolute Gasteiger partial charge is 0.151 e. The van der Waals surface area contributed by atoms with E-state index < -0.39 is 5.92 Å². The molecule has 27 heavy (non-hydrogen) atoms. The van der Waals surface area contributed by atoms with Crippen molar-refractivity contribution in [2.45, 2.75) is 26.2 Å². The van der Waals surface area contributed by atoms with Crippen LogP contribution in [0.1, 0.15) is 37.8 Å². The number of ketones is 1. The van der Waals surface area contributed by atoms with Crippen LogP contribution in [0.2, 0.25) is 0 Å². The molecule has 5 heteroatoms. The fourth-order valence-electron chi connectivity index (χ4n) is 3.17. The van der Waals surface area contributed by atoms with Gasteiger partial charge in [0.1, 0.15) is 17.6 Å². The van der Waals surface area contributed by atoms with Crippen molar-refractivity contribution < 1.29 is 4.79 Å². The molecule has 0 amide bonds. The molecule has 0 saturated heterocycles. The van der Waals surface area contributed by atoms with Gasteiger partial charge in [0, 0.05) is 29.6 Å². The minimum absolute atomic E-state index is 0.0376. The molecule has 0 aliphatic rings. The summed E-state index contributed by atoms with van der Waals surface area (Å²) < 4.78 is 0. The Labute approximate surface area is 157 Å². The van der Waals surface area contributed by atoms with Gasteiger partial charge in [0.25, 0.3) is 0 Å².